The van der Waals surface area contributed by atoms with Crippen molar-refractivity contribution in [2.45, 2.75) is 39.2 Å². The van der Waals surface area contributed by atoms with E-state index in [9.17, 15) is 0 Å². The first-order valence-electron chi connectivity index (χ1n) is 8.22. The third-order valence-corrected chi connectivity index (χ3v) is 4.73. The van der Waals surface area contributed by atoms with Crippen LogP contribution >= 0.6 is 0 Å². The molecule has 3 rings (SSSR count). The van der Waals surface area contributed by atoms with Crippen molar-refractivity contribution in [2.24, 2.45) is 0 Å². The molecule has 0 aliphatic carbocycles. The molecule has 1 fully saturated rings. The summed E-state index contributed by atoms with van der Waals surface area (Å²) in [4.78, 5) is 10.6. The summed E-state index contributed by atoms with van der Waals surface area (Å²) in [5.41, 5.74) is 3.94. The smallest absolute Gasteiger partial charge is 0.137 e. The normalized spacial score (nSPS) is 16.9. The molecule has 1 saturated heterocycles. The van der Waals surface area contributed by atoms with E-state index in [-0.39, 0.29) is 0 Å². The molecule has 0 amide bonds. The molecule has 0 atom stereocenters. The van der Waals surface area contributed by atoms with Crippen LogP contribution in [0.25, 0.3) is 11.0 Å². The molecule has 0 unspecified atom stereocenters. The standard InChI is InChI=1S/C17H26N4/c1-3-21(4-2)12-15-14-6-5-9-19-17(14)20-16(15)13-7-10-18-11-8-13/h5-6,9,13,18H,3-4,7-8,10-12H2,1-2H3,(H,19,20). The first-order chi connectivity index (χ1) is 10.3. The highest BCUT2D eigenvalue weighted by Crippen LogP contribution is 2.32. The summed E-state index contributed by atoms with van der Waals surface area (Å²) < 4.78 is 0. The van der Waals surface area contributed by atoms with Crippen molar-refractivity contribution in [3.63, 3.8) is 0 Å². The molecule has 0 spiro atoms. The summed E-state index contributed by atoms with van der Waals surface area (Å²) >= 11 is 0. The number of nitrogens with one attached hydrogen (secondary N) is 2. The van der Waals surface area contributed by atoms with Gasteiger partial charge in [-0.1, -0.05) is 13.8 Å². The number of fused-ring (bicyclic) bond motifs is 1. The molecule has 3 heterocycles. The molecule has 1 aliphatic heterocycles. The predicted molar refractivity (Wildman–Crippen MR) is 87.6 cm³/mol. The van der Waals surface area contributed by atoms with Gasteiger partial charge >= 0.3 is 0 Å². The fraction of sp³-hybridized carbons (Fsp3) is 0.588. The zero-order valence-electron chi connectivity index (χ0n) is 13.2. The summed E-state index contributed by atoms with van der Waals surface area (Å²) in [5, 5.41) is 4.76. The maximum absolute atomic E-state index is 4.53. The van der Waals surface area contributed by atoms with Crippen molar-refractivity contribution < 1.29 is 0 Å². The number of piperidine rings is 1. The van der Waals surface area contributed by atoms with Gasteiger partial charge in [0.1, 0.15) is 5.65 Å². The third-order valence-electron chi connectivity index (χ3n) is 4.73. The van der Waals surface area contributed by atoms with Gasteiger partial charge in [0, 0.05) is 29.7 Å². The average molecular weight is 286 g/mol. The van der Waals surface area contributed by atoms with Gasteiger partial charge in [0.25, 0.3) is 0 Å². The molecular weight excluding hydrogens is 260 g/mol. The van der Waals surface area contributed by atoms with Crippen molar-refractivity contribution in [3.8, 4) is 0 Å². The van der Waals surface area contributed by atoms with E-state index in [0.717, 1.165) is 38.4 Å². The fourth-order valence-electron chi connectivity index (χ4n) is 3.40. The van der Waals surface area contributed by atoms with Crippen LogP contribution in [0.3, 0.4) is 0 Å². The van der Waals surface area contributed by atoms with Crippen LogP contribution in [0.4, 0.5) is 0 Å². The van der Waals surface area contributed by atoms with Crippen LogP contribution in [0, 0.1) is 0 Å². The maximum atomic E-state index is 4.53. The van der Waals surface area contributed by atoms with Gasteiger partial charge in [-0.3, -0.25) is 4.90 Å². The van der Waals surface area contributed by atoms with Gasteiger partial charge in [-0.15, -0.1) is 0 Å². The van der Waals surface area contributed by atoms with E-state index in [1.807, 2.05) is 12.3 Å². The monoisotopic (exact) mass is 286 g/mol. The van der Waals surface area contributed by atoms with Crippen LogP contribution in [0.2, 0.25) is 0 Å². The quantitative estimate of drug-likeness (QED) is 0.888. The Morgan fingerprint density at radius 1 is 1.24 bits per heavy atom. The highest BCUT2D eigenvalue weighted by atomic mass is 15.1. The Labute approximate surface area is 126 Å². The lowest BCUT2D eigenvalue weighted by molar-refractivity contribution is 0.294. The van der Waals surface area contributed by atoms with Gasteiger partial charge in [-0.2, -0.15) is 0 Å². The summed E-state index contributed by atoms with van der Waals surface area (Å²) in [7, 11) is 0. The van der Waals surface area contributed by atoms with E-state index in [0.29, 0.717) is 5.92 Å². The van der Waals surface area contributed by atoms with Gasteiger partial charge in [0.2, 0.25) is 0 Å². The Kier molecular flexibility index (Phi) is 4.56. The Morgan fingerprint density at radius 2 is 2.00 bits per heavy atom. The fourth-order valence-corrected chi connectivity index (χ4v) is 3.40. The van der Waals surface area contributed by atoms with Gasteiger partial charge < -0.3 is 10.3 Å². The summed E-state index contributed by atoms with van der Waals surface area (Å²) in [5.74, 6) is 0.644. The van der Waals surface area contributed by atoms with Gasteiger partial charge in [-0.25, -0.2) is 4.98 Å². The number of hydrogen-bond acceptors (Lipinski definition) is 3. The molecule has 1 aliphatic rings. The van der Waals surface area contributed by atoms with Crippen LogP contribution in [0.5, 0.6) is 0 Å². The van der Waals surface area contributed by atoms with E-state index in [1.54, 1.807) is 0 Å². The van der Waals surface area contributed by atoms with Crippen molar-refractivity contribution in [2.75, 3.05) is 26.2 Å². The van der Waals surface area contributed by atoms with Crippen molar-refractivity contribution >= 4 is 11.0 Å². The van der Waals surface area contributed by atoms with Crippen LogP contribution < -0.4 is 5.32 Å². The second-order valence-corrected chi connectivity index (χ2v) is 5.90. The minimum atomic E-state index is 0.644. The van der Waals surface area contributed by atoms with Gasteiger partial charge in [-0.05, 0) is 56.7 Å². The van der Waals surface area contributed by atoms with E-state index in [4.69, 9.17) is 0 Å². The Balaban J connectivity index is 2.00. The molecule has 0 radical (unpaired) electrons. The summed E-state index contributed by atoms with van der Waals surface area (Å²) in [6, 6.07) is 4.26. The lowest BCUT2D eigenvalue weighted by Gasteiger charge is -2.25. The molecule has 0 saturated carbocycles. The zero-order valence-corrected chi connectivity index (χ0v) is 13.2. The molecule has 0 aromatic carbocycles. The zero-order chi connectivity index (χ0) is 14.7. The number of aromatic nitrogens is 2. The molecule has 0 bridgehead atoms. The van der Waals surface area contributed by atoms with E-state index in [1.165, 1.54) is 29.5 Å². The first-order valence-corrected chi connectivity index (χ1v) is 8.22. The minimum absolute atomic E-state index is 0.644. The van der Waals surface area contributed by atoms with Crippen LogP contribution in [-0.2, 0) is 6.54 Å². The maximum Gasteiger partial charge on any atom is 0.137 e. The van der Waals surface area contributed by atoms with Crippen LogP contribution in [-0.4, -0.2) is 41.0 Å². The third kappa shape index (κ3) is 2.97. The summed E-state index contributed by atoms with van der Waals surface area (Å²) in [6.45, 7) is 9.93. The molecule has 4 nitrogen and oxygen atoms in total. The largest absolute Gasteiger partial charge is 0.343 e. The van der Waals surface area contributed by atoms with Gasteiger partial charge in [0.05, 0.1) is 0 Å². The van der Waals surface area contributed by atoms with Gasteiger partial charge in [0.15, 0.2) is 0 Å². The van der Waals surface area contributed by atoms with E-state index >= 15 is 0 Å². The highest BCUT2D eigenvalue weighted by molar-refractivity contribution is 5.81. The molecule has 2 aromatic rings. The molecule has 2 aromatic heterocycles. The number of H-pyrrole nitrogens is 1. The average Bonchev–Trinajstić information content (AvgIpc) is 2.92. The Morgan fingerprint density at radius 3 is 2.71 bits per heavy atom. The molecule has 21 heavy (non-hydrogen) atoms. The van der Waals surface area contributed by atoms with Crippen molar-refractivity contribution in [3.05, 3.63) is 29.6 Å². The number of hydrogen-bond donors (Lipinski definition) is 2. The van der Waals surface area contributed by atoms with Crippen molar-refractivity contribution in [1.29, 1.82) is 0 Å². The summed E-state index contributed by atoms with van der Waals surface area (Å²) in [6.07, 6.45) is 4.32. The molecule has 114 valence electrons. The van der Waals surface area contributed by atoms with E-state index in [2.05, 4.69) is 40.1 Å². The first kappa shape index (κ1) is 14.5. The van der Waals surface area contributed by atoms with Crippen LogP contribution in [0.15, 0.2) is 18.3 Å². The molecular formula is C17H26N4. The number of pyridine rings is 1. The second kappa shape index (κ2) is 6.58. The number of aromatic amines is 1. The minimum Gasteiger partial charge on any atom is -0.343 e. The lowest BCUT2D eigenvalue weighted by Crippen LogP contribution is -2.28. The SMILES string of the molecule is CCN(CC)Cc1c(C2CCNCC2)[nH]c2ncccc12. The second-order valence-electron chi connectivity index (χ2n) is 5.90. The molecule has 4 heteroatoms. The number of nitrogens with zero attached hydrogens (tertiary/aromatic N) is 2. The van der Waals surface area contributed by atoms with Crippen molar-refractivity contribution in [1.82, 2.24) is 20.2 Å². The topological polar surface area (TPSA) is 44.0 Å². The number of rotatable bonds is 5. The van der Waals surface area contributed by atoms with E-state index < -0.39 is 0 Å². The van der Waals surface area contributed by atoms with Crippen LogP contribution in [0.1, 0.15) is 43.9 Å². The molecule has 2 N–H and O–H groups in total. The Hall–Kier alpha value is -1.39. The Bertz CT molecular complexity index is 579. The predicted octanol–water partition coefficient (Wildman–Crippen LogP) is 2.87. The highest BCUT2D eigenvalue weighted by Gasteiger charge is 2.23. The lowest BCUT2D eigenvalue weighted by atomic mass is 9.91.